The Morgan fingerprint density at radius 2 is 2.09 bits per heavy atom. The molecule has 0 aromatic carbocycles. The highest BCUT2D eigenvalue weighted by Gasteiger charge is 2.34. The first kappa shape index (κ1) is 14.4. The molecule has 1 aliphatic carbocycles. The van der Waals surface area contributed by atoms with Gasteiger partial charge in [-0.25, -0.2) is 0 Å². The number of hydrogen-bond donors (Lipinski definition) is 0. The van der Waals surface area contributed by atoms with Gasteiger partial charge in [0.15, 0.2) is 11.5 Å². The Balaban J connectivity index is 1.48. The van der Waals surface area contributed by atoms with Gasteiger partial charge in [0, 0.05) is 37.1 Å². The van der Waals surface area contributed by atoms with Crippen molar-refractivity contribution in [2.24, 2.45) is 11.8 Å². The van der Waals surface area contributed by atoms with Crippen molar-refractivity contribution in [2.45, 2.75) is 32.1 Å². The lowest BCUT2D eigenvalue weighted by atomic mass is 9.75. The van der Waals surface area contributed by atoms with E-state index in [1.165, 1.54) is 25.7 Å². The van der Waals surface area contributed by atoms with E-state index in [1.807, 2.05) is 17.0 Å². The van der Waals surface area contributed by atoms with Crippen molar-refractivity contribution in [1.82, 2.24) is 15.0 Å². The largest absolute Gasteiger partial charge is 0.355 e. The minimum absolute atomic E-state index is 0.00656. The summed E-state index contributed by atoms with van der Waals surface area (Å²) in [6.45, 7) is 1.72. The molecule has 1 saturated carbocycles. The summed E-state index contributed by atoms with van der Waals surface area (Å²) < 4.78 is 5.33. The number of pyridine rings is 1. The van der Waals surface area contributed by atoms with Gasteiger partial charge in [-0.1, -0.05) is 24.4 Å². The molecule has 2 aliphatic rings. The molecule has 2 atom stereocenters. The van der Waals surface area contributed by atoms with Crippen molar-refractivity contribution in [2.75, 3.05) is 13.1 Å². The van der Waals surface area contributed by atoms with E-state index in [0.29, 0.717) is 17.4 Å². The van der Waals surface area contributed by atoms with Crippen LogP contribution in [0.15, 0.2) is 35.1 Å². The number of nitrogens with zero attached hydrogens (tertiary/aromatic N) is 3. The first-order valence-corrected chi connectivity index (χ1v) is 8.47. The van der Waals surface area contributed by atoms with Crippen LogP contribution in [0.2, 0.25) is 0 Å². The molecule has 1 amide bonds. The molecule has 1 aliphatic heterocycles. The topological polar surface area (TPSA) is 59.2 Å². The van der Waals surface area contributed by atoms with E-state index in [1.54, 1.807) is 18.5 Å². The lowest BCUT2D eigenvalue weighted by Gasteiger charge is -2.41. The van der Waals surface area contributed by atoms with Crippen LogP contribution in [0.3, 0.4) is 0 Å². The number of rotatable bonds is 2. The molecular formula is C18H21N3O2. The maximum absolute atomic E-state index is 12.7. The van der Waals surface area contributed by atoms with Gasteiger partial charge in [-0.2, -0.15) is 0 Å². The average Bonchev–Trinajstić information content (AvgIpc) is 3.11. The minimum atomic E-state index is -0.00656. The first-order valence-electron chi connectivity index (χ1n) is 8.47. The summed E-state index contributed by atoms with van der Waals surface area (Å²) in [6, 6.07) is 5.47. The highest BCUT2D eigenvalue weighted by Crippen LogP contribution is 2.36. The van der Waals surface area contributed by atoms with Gasteiger partial charge in [0.05, 0.1) is 0 Å². The maximum atomic E-state index is 12.7. The quantitative estimate of drug-likeness (QED) is 0.853. The molecular weight excluding hydrogens is 290 g/mol. The summed E-state index contributed by atoms with van der Waals surface area (Å²) in [4.78, 5) is 18.7. The normalized spacial score (nSPS) is 24.3. The number of likely N-dealkylation sites (tertiary alicyclic amines) is 1. The van der Waals surface area contributed by atoms with Crippen molar-refractivity contribution in [1.29, 1.82) is 0 Å². The van der Waals surface area contributed by atoms with Crippen LogP contribution in [-0.2, 0) is 0 Å². The summed E-state index contributed by atoms with van der Waals surface area (Å²) >= 11 is 0. The van der Waals surface area contributed by atoms with Crippen LogP contribution in [-0.4, -0.2) is 34.0 Å². The van der Waals surface area contributed by atoms with Crippen molar-refractivity contribution >= 4 is 5.91 Å². The smallest absolute Gasteiger partial charge is 0.276 e. The monoisotopic (exact) mass is 311 g/mol. The van der Waals surface area contributed by atoms with Crippen LogP contribution in [0, 0.1) is 11.8 Å². The molecule has 120 valence electrons. The van der Waals surface area contributed by atoms with E-state index in [2.05, 4.69) is 10.1 Å². The Morgan fingerprint density at radius 3 is 2.91 bits per heavy atom. The van der Waals surface area contributed by atoms with Crippen molar-refractivity contribution in [3.8, 4) is 11.3 Å². The van der Waals surface area contributed by atoms with Crippen LogP contribution < -0.4 is 0 Å². The molecule has 0 radical (unpaired) electrons. The SMILES string of the molecule is O=C(c1cc(-c2cccnc2)on1)N1CC[C@@H]2CCCC[C@H]2C1. The van der Waals surface area contributed by atoms with Gasteiger partial charge < -0.3 is 9.42 Å². The molecule has 5 heteroatoms. The molecule has 3 heterocycles. The second-order valence-corrected chi connectivity index (χ2v) is 6.66. The van der Waals surface area contributed by atoms with Gasteiger partial charge in [0.1, 0.15) is 0 Å². The minimum Gasteiger partial charge on any atom is -0.355 e. The van der Waals surface area contributed by atoms with Gasteiger partial charge in [-0.3, -0.25) is 9.78 Å². The van der Waals surface area contributed by atoms with Gasteiger partial charge in [-0.05, 0) is 36.8 Å². The predicted octanol–water partition coefficient (Wildman–Crippen LogP) is 3.39. The highest BCUT2D eigenvalue weighted by atomic mass is 16.5. The van der Waals surface area contributed by atoms with E-state index < -0.39 is 0 Å². The molecule has 2 fully saturated rings. The molecule has 0 N–H and O–H groups in total. The fraction of sp³-hybridized carbons (Fsp3) is 0.500. The zero-order chi connectivity index (χ0) is 15.6. The standard InChI is InChI=1S/C18H21N3O2/c22-18(21-9-7-13-4-1-2-5-15(13)12-21)16-10-17(23-20-16)14-6-3-8-19-11-14/h3,6,8,10-11,13,15H,1-2,4-5,7,9,12H2/t13-,15-/m0/s1. The lowest BCUT2D eigenvalue weighted by Crippen LogP contribution is -2.44. The molecule has 5 nitrogen and oxygen atoms in total. The molecule has 4 rings (SSSR count). The molecule has 2 aromatic heterocycles. The number of carbonyl (C=O) groups is 1. The number of fused-ring (bicyclic) bond motifs is 1. The summed E-state index contributed by atoms with van der Waals surface area (Å²) in [5.41, 5.74) is 1.24. The zero-order valence-corrected chi connectivity index (χ0v) is 13.1. The molecule has 0 spiro atoms. The van der Waals surface area contributed by atoms with E-state index in [0.717, 1.165) is 31.0 Å². The Morgan fingerprint density at radius 1 is 1.22 bits per heavy atom. The van der Waals surface area contributed by atoms with Crippen LogP contribution in [0.1, 0.15) is 42.6 Å². The molecule has 23 heavy (non-hydrogen) atoms. The lowest BCUT2D eigenvalue weighted by molar-refractivity contribution is 0.0512. The van der Waals surface area contributed by atoms with Crippen LogP contribution >= 0.6 is 0 Å². The van der Waals surface area contributed by atoms with Gasteiger partial charge in [0.2, 0.25) is 0 Å². The fourth-order valence-corrected chi connectivity index (χ4v) is 3.97. The van der Waals surface area contributed by atoms with E-state index in [-0.39, 0.29) is 5.91 Å². The summed E-state index contributed by atoms with van der Waals surface area (Å²) in [5, 5.41) is 3.98. The van der Waals surface area contributed by atoms with Crippen LogP contribution in [0.25, 0.3) is 11.3 Å². The first-order chi connectivity index (χ1) is 11.3. The molecule has 2 aromatic rings. The Bertz CT molecular complexity index is 683. The summed E-state index contributed by atoms with van der Waals surface area (Å²) in [6.07, 6.45) is 9.80. The van der Waals surface area contributed by atoms with E-state index in [4.69, 9.17) is 4.52 Å². The zero-order valence-electron chi connectivity index (χ0n) is 13.1. The van der Waals surface area contributed by atoms with Crippen LogP contribution in [0.4, 0.5) is 0 Å². The molecule has 0 unspecified atom stereocenters. The van der Waals surface area contributed by atoms with Crippen molar-refractivity contribution in [3.63, 3.8) is 0 Å². The fourth-order valence-electron chi connectivity index (χ4n) is 3.97. The third-order valence-corrected chi connectivity index (χ3v) is 5.25. The third kappa shape index (κ3) is 2.87. The second-order valence-electron chi connectivity index (χ2n) is 6.66. The predicted molar refractivity (Wildman–Crippen MR) is 85.7 cm³/mol. The number of amides is 1. The maximum Gasteiger partial charge on any atom is 0.276 e. The number of hydrogen-bond acceptors (Lipinski definition) is 4. The van der Waals surface area contributed by atoms with E-state index >= 15 is 0 Å². The molecule has 1 saturated heterocycles. The van der Waals surface area contributed by atoms with Gasteiger partial charge >= 0.3 is 0 Å². The van der Waals surface area contributed by atoms with Gasteiger partial charge in [0.25, 0.3) is 5.91 Å². The Kier molecular flexibility index (Phi) is 3.85. The molecule has 0 bridgehead atoms. The number of aromatic nitrogens is 2. The van der Waals surface area contributed by atoms with Crippen molar-refractivity contribution < 1.29 is 9.32 Å². The van der Waals surface area contributed by atoms with Crippen LogP contribution in [0.5, 0.6) is 0 Å². The Labute approximate surface area is 135 Å². The second kappa shape index (κ2) is 6.14. The third-order valence-electron chi connectivity index (χ3n) is 5.25. The average molecular weight is 311 g/mol. The van der Waals surface area contributed by atoms with E-state index in [9.17, 15) is 4.79 Å². The summed E-state index contributed by atoms with van der Waals surface area (Å²) in [5.74, 6) is 2.07. The number of carbonyl (C=O) groups excluding carboxylic acids is 1. The Hall–Kier alpha value is -2.17. The van der Waals surface area contributed by atoms with Crippen molar-refractivity contribution in [3.05, 3.63) is 36.3 Å². The highest BCUT2D eigenvalue weighted by molar-refractivity contribution is 5.93. The van der Waals surface area contributed by atoms with Gasteiger partial charge in [-0.15, -0.1) is 0 Å². The number of piperidine rings is 1. The summed E-state index contributed by atoms with van der Waals surface area (Å²) in [7, 11) is 0.